The molecule has 1 heterocycles. The summed E-state index contributed by atoms with van der Waals surface area (Å²) in [7, 11) is 0. The number of fused-ring (bicyclic) bond motifs is 1. The Morgan fingerprint density at radius 1 is 1.15 bits per heavy atom. The largest absolute Gasteiger partial charge is 0.309 e. The fourth-order valence-corrected chi connectivity index (χ4v) is 0.950. The van der Waals surface area contributed by atoms with E-state index < -0.39 is 6.08 Å². The zero-order valence-corrected chi connectivity index (χ0v) is 7.66. The fraction of sp³-hybridized carbons (Fsp3) is 0.200. The standard InChI is InChI=1S/C8H5FN2.C2H6/c9-8-10-5-6-3-1-2-4-7(6)11-8;1-2/h1-5H;1-2H3. The molecule has 0 N–H and O–H groups in total. The second kappa shape index (κ2) is 4.50. The summed E-state index contributed by atoms with van der Waals surface area (Å²) in [6.45, 7) is 4.00. The van der Waals surface area contributed by atoms with Gasteiger partial charge in [-0.1, -0.05) is 32.0 Å². The Bertz CT molecular complexity index is 387. The Kier molecular flexibility index (Phi) is 3.31. The van der Waals surface area contributed by atoms with Gasteiger partial charge in [-0.05, 0) is 6.07 Å². The van der Waals surface area contributed by atoms with Crippen LogP contribution < -0.4 is 0 Å². The molecule has 0 unspecified atom stereocenters. The van der Waals surface area contributed by atoms with Crippen molar-refractivity contribution in [3.05, 3.63) is 36.5 Å². The van der Waals surface area contributed by atoms with Crippen LogP contribution in [0.5, 0.6) is 0 Å². The van der Waals surface area contributed by atoms with Crippen molar-refractivity contribution in [3.8, 4) is 0 Å². The Balaban J connectivity index is 0.000000396. The van der Waals surface area contributed by atoms with E-state index in [0.29, 0.717) is 5.52 Å². The smallest absolute Gasteiger partial charge is 0.210 e. The van der Waals surface area contributed by atoms with Crippen molar-refractivity contribution in [3.63, 3.8) is 0 Å². The van der Waals surface area contributed by atoms with Crippen molar-refractivity contribution in [2.45, 2.75) is 13.8 Å². The summed E-state index contributed by atoms with van der Waals surface area (Å²) in [5.74, 6) is 0. The first-order valence-corrected chi connectivity index (χ1v) is 4.23. The summed E-state index contributed by atoms with van der Waals surface area (Å²) in [6.07, 6.45) is 0.793. The van der Waals surface area contributed by atoms with Gasteiger partial charge in [0.2, 0.25) is 0 Å². The molecule has 0 atom stereocenters. The second-order valence-electron chi connectivity index (χ2n) is 2.20. The van der Waals surface area contributed by atoms with Gasteiger partial charge < -0.3 is 0 Å². The molecule has 1 aromatic heterocycles. The summed E-state index contributed by atoms with van der Waals surface area (Å²) in [5.41, 5.74) is 0.639. The molecular formula is C10H11FN2. The lowest BCUT2D eigenvalue weighted by Crippen LogP contribution is -1.87. The highest BCUT2D eigenvalue weighted by atomic mass is 19.1. The predicted octanol–water partition coefficient (Wildman–Crippen LogP) is 2.80. The van der Waals surface area contributed by atoms with Gasteiger partial charge in [0.15, 0.2) is 0 Å². The lowest BCUT2D eigenvalue weighted by atomic mass is 10.2. The Hall–Kier alpha value is -1.51. The fourth-order valence-electron chi connectivity index (χ4n) is 0.950. The molecule has 0 fully saturated rings. The first kappa shape index (κ1) is 9.58. The number of para-hydroxylation sites is 1. The zero-order valence-electron chi connectivity index (χ0n) is 7.66. The molecule has 1 aromatic carbocycles. The molecule has 0 amide bonds. The summed E-state index contributed by atoms with van der Waals surface area (Å²) >= 11 is 0. The molecule has 13 heavy (non-hydrogen) atoms. The highest BCUT2D eigenvalue weighted by Crippen LogP contribution is 2.08. The average molecular weight is 178 g/mol. The van der Waals surface area contributed by atoms with E-state index in [2.05, 4.69) is 9.97 Å². The van der Waals surface area contributed by atoms with Crippen LogP contribution >= 0.6 is 0 Å². The maximum Gasteiger partial charge on any atom is 0.309 e. The van der Waals surface area contributed by atoms with Gasteiger partial charge in [-0.15, -0.1) is 0 Å². The average Bonchev–Trinajstić information content (AvgIpc) is 2.21. The van der Waals surface area contributed by atoms with Crippen molar-refractivity contribution in [1.82, 2.24) is 9.97 Å². The van der Waals surface area contributed by atoms with E-state index in [1.165, 1.54) is 6.20 Å². The molecule has 2 nitrogen and oxygen atoms in total. The molecule has 3 heteroatoms. The van der Waals surface area contributed by atoms with Crippen LogP contribution in [0.15, 0.2) is 30.5 Å². The maximum atomic E-state index is 12.4. The molecule has 0 aliphatic carbocycles. The second-order valence-corrected chi connectivity index (χ2v) is 2.20. The van der Waals surface area contributed by atoms with Crippen LogP contribution in [0.3, 0.4) is 0 Å². The van der Waals surface area contributed by atoms with E-state index in [1.54, 1.807) is 6.07 Å². The van der Waals surface area contributed by atoms with Gasteiger partial charge >= 0.3 is 6.08 Å². The molecule has 2 aromatic rings. The van der Waals surface area contributed by atoms with Crippen molar-refractivity contribution in [2.24, 2.45) is 0 Å². The van der Waals surface area contributed by atoms with Crippen molar-refractivity contribution >= 4 is 10.9 Å². The number of rotatable bonds is 0. The normalized spacial score (nSPS) is 9.15. The van der Waals surface area contributed by atoms with Gasteiger partial charge in [0.25, 0.3) is 0 Å². The number of halogens is 1. The molecule has 0 radical (unpaired) electrons. The SMILES string of the molecule is CC.Fc1ncc2ccccc2n1. The summed E-state index contributed by atoms with van der Waals surface area (Å²) in [4.78, 5) is 7.03. The lowest BCUT2D eigenvalue weighted by molar-refractivity contribution is 0.544. The molecule has 68 valence electrons. The topological polar surface area (TPSA) is 25.8 Å². The summed E-state index contributed by atoms with van der Waals surface area (Å²) in [6, 6.07) is 7.27. The van der Waals surface area contributed by atoms with Gasteiger partial charge in [0.1, 0.15) is 0 Å². The Morgan fingerprint density at radius 3 is 2.62 bits per heavy atom. The first-order chi connectivity index (χ1) is 6.36. The first-order valence-electron chi connectivity index (χ1n) is 4.23. The molecule has 0 saturated heterocycles. The third-order valence-corrected chi connectivity index (χ3v) is 1.46. The number of aromatic nitrogens is 2. The molecule has 2 rings (SSSR count). The van der Waals surface area contributed by atoms with Crippen molar-refractivity contribution in [1.29, 1.82) is 0 Å². The Morgan fingerprint density at radius 2 is 1.85 bits per heavy atom. The predicted molar refractivity (Wildman–Crippen MR) is 50.8 cm³/mol. The van der Waals surface area contributed by atoms with Crippen LogP contribution in [0, 0.1) is 6.08 Å². The summed E-state index contributed by atoms with van der Waals surface area (Å²) in [5, 5.41) is 0.855. The van der Waals surface area contributed by atoms with Gasteiger partial charge in [0.05, 0.1) is 5.52 Å². The van der Waals surface area contributed by atoms with E-state index in [-0.39, 0.29) is 0 Å². The van der Waals surface area contributed by atoms with Crippen LogP contribution in [-0.4, -0.2) is 9.97 Å². The van der Waals surface area contributed by atoms with Crippen molar-refractivity contribution in [2.75, 3.05) is 0 Å². The van der Waals surface area contributed by atoms with Gasteiger partial charge in [0, 0.05) is 11.6 Å². The minimum atomic E-state index is -0.677. The van der Waals surface area contributed by atoms with E-state index >= 15 is 0 Å². The number of benzene rings is 1. The van der Waals surface area contributed by atoms with Crippen LogP contribution in [0.25, 0.3) is 10.9 Å². The molecular weight excluding hydrogens is 167 g/mol. The van der Waals surface area contributed by atoms with Crippen molar-refractivity contribution < 1.29 is 4.39 Å². The van der Waals surface area contributed by atoms with Crippen LogP contribution in [0.4, 0.5) is 4.39 Å². The van der Waals surface area contributed by atoms with Crippen LogP contribution in [0.1, 0.15) is 13.8 Å². The highest BCUT2D eigenvalue weighted by Gasteiger charge is 1.94. The molecule has 0 aliphatic rings. The third kappa shape index (κ3) is 2.21. The van der Waals surface area contributed by atoms with Crippen LogP contribution in [0.2, 0.25) is 0 Å². The van der Waals surface area contributed by atoms with Gasteiger partial charge in [-0.3, -0.25) is 0 Å². The van der Waals surface area contributed by atoms with Crippen LogP contribution in [-0.2, 0) is 0 Å². The highest BCUT2D eigenvalue weighted by molar-refractivity contribution is 5.76. The quantitative estimate of drug-likeness (QED) is 0.580. The maximum absolute atomic E-state index is 12.4. The minimum Gasteiger partial charge on any atom is -0.210 e. The number of hydrogen-bond acceptors (Lipinski definition) is 2. The number of hydrogen-bond donors (Lipinski definition) is 0. The van der Waals surface area contributed by atoms with E-state index in [0.717, 1.165) is 5.39 Å². The Labute approximate surface area is 76.5 Å². The molecule has 0 saturated carbocycles. The lowest BCUT2D eigenvalue weighted by Gasteiger charge is -1.92. The molecule has 0 spiro atoms. The molecule has 0 bridgehead atoms. The van der Waals surface area contributed by atoms with E-state index in [9.17, 15) is 4.39 Å². The van der Waals surface area contributed by atoms with E-state index in [4.69, 9.17) is 0 Å². The molecule has 0 aliphatic heterocycles. The van der Waals surface area contributed by atoms with Gasteiger partial charge in [-0.25, -0.2) is 9.97 Å². The summed E-state index contributed by atoms with van der Waals surface area (Å²) < 4.78 is 12.4. The van der Waals surface area contributed by atoms with E-state index in [1.807, 2.05) is 32.0 Å². The third-order valence-electron chi connectivity index (χ3n) is 1.46. The van der Waals surface area contributed by atoms with Gasteiger partial charge in [-0.2, -0.15) is 4.39 Å². The number of nitrogens with zero attached hydrogens (tertiary/aromatic N) is 2. The minimum absolute atomic E-state index is 0.639. The zero-order chi connectivity index (χ0) is 9.68. The monoisotopic (exact) mass is 178 g/mol.